The number of aliphatic hydroxyl groups excluding tert-OH is 1. The maximum absolute atomic E-state index is 12.8. The molecule has 0 saturated carbocycles. The van der Waals surface area contributed by atoms with Gasteiger partial charge in [-0.3, -0.25) is 0 Å². The lowest BCUT2D eigenvalue weighted by Gasteiger charge is -2.08. The number of aliphatic hydroxyl groups is 1. The average Bonchev–Trinajstić information content (AvgIpc) is 2.72. The summed E-state index contributed by atoms with van der Waals surface area (Å²) in [6.07, 6.45) is -4.57. The van der Waals surface area contributed by atoms with Crippen LogP contribution in [0, 0.1) is 0 Å². The minimum absolute atomic E-state index is 0.0320. The Labute approximate surface area is 120 Å². The van der Waals surface area contributed by atoms with Crippen molar-refractivity contribution < 1.29 is 18.3 Å². The van der Waals surface area contributed by atoms with Gasteiger partial charge in [-0.2, -0.15) is 17.5 Å². The van der Waals surface area contributed by atoms with Crippen LogP contribution in [-0.2, 0) is 12.8 Å². The Hall–Kier alpha value is -0.820. The van der Waals surface area contributed by atoms with E-state index in [1.165, 1.54) is 12.1 Å². The first-order valence-electron chi connectivity index (χ1n) is 4.97. The molecule has 1 N–H and O–H groups in total. The molecule has 0 aliphatic heterocycles. The predicted octanol–water partition coefficient (Wildman–Crippen LogP) is 4.63. The van der Waals surface area contributed by atoms with Gasteiger partial charge >= 0.3 is 6.18 Å². The second-order valence-electron chi connectivity index (χ2n) is 3.59. The number of nitrogens with zero attached hydrogens (tertiary/aromatic N) is 1. The minimum atomic E-state index is -4.57. The molecule has 1 heterocycles. The zero-order valence-electron chi connectivity index (χ0n) is 9.13. The molecule has 102 valence electrons. The molecule has 0 aliphatic rings. The Morgan fingerprint density at radius 1 is 1.21 bits per heavy atom. The average molecular weight is 328 g/mol. The van der Waals surface area contributed by atoms with Gasteiger partial charge < -0.3 is 5.11 Å². The first-order valence-corrected chi connectivity index (χ1v) is 6.50. The number of hydrogen-bond donors (Lipinski definition) is 1. The minimum Gasteiger partial charge on any atom is -0.392 e. The normalized spacial score (nSPS) is 11.9. The maximum atomic E-state index is 12.8. The summed E-state index contributed by atoms with van der Waals surface area (Å²) in [5, 5.41) is 9.54. The summed E-state index contributed by atoms with van der Waals surface area (Å²) in [4.78, 5) is -0.944. The largest absolute Gasteiger partial charge is 0.427 e. The van der Waals surface area contributed by atoms with E-state index in [1.54, 1.807) is 6.07 Å². The molecule has 0 saturated heterocycles. The molecule has 0 bridgehead atoms. The van der Waals surface area contributed by atoms with Crippen molar-refractivity contribution in [3.63, 3.8) is 0 Å². The fourth-order valence-corrected chi connectivity index (χ4v) is 2.93. The lowest BCUT2D eigenvalue weighted by atomic mass is 10.1. The number of benzene rings is 1. The molecule has 8 heteroatoms. The molecule has 0 fully saturated rings. The van der Waals surface area contributed by atoms with E-state index >= 15 is 0 Å². The zero-order chi connectivity index (χ0) is 14.2. The number of hydrogen-bond acceptors (Lipinski definition) is 3. The van der Waals surface area contributed by atoms with E-state index in [4.69, 9.17) is 23.2 Å². The monoisotopic (exact) mass is 327 g/mol. The molecule has 1 aromatic carbocycles. The van der Waals surface area contributed by atoms with Gasteiger partial charge in [0.15, 0.2) is 0 Å². The van der Waals surface area contributed by atoms with Gasteiger partial charge in [0, 0.05) is 11.1 Å². The third kappa shape index (κ3) is 2.72. The van der Waals surface area contributed by atoms with Gasteiger partial charge in [-0.15, -0.1) is 0 Å². The highest BCUT2D eigenvalue weighted by molar-refractivity contribution is 7.06. The summed E-state index contributed by atoms with van der Waals surface area (Å²) in [6.45, 7) is -0.789. The van der Waals surface area contributed by atoms with Crippen molar-refractivity contribution in [2.45, 2.75) is 12.8 Å². The van der Waals surface area contributed by atoms with Crippen molar-refractivity contribution in [3.8, 4) is 11.3 Å². The van der Waals surface area contributed by atoms with Crippen molar-refractivity contribution in [1.82, 2.24) is 4.37 Å². The van der Waals surface area contributed by atoms with Gasteiger partial charge in [-0.05, 0) is 23.7 Å². The predicted molar refractivity (Wildman–Crippen MR) is 68.5 cm³/mol. The fraction of sp³-hybridized carbons (Fsp3) is 0.182. The lowest BCUT2D eigenvalue weighted by molar-refractivity contribution is -0.135. The highest BCUT2D eigenvalue weighted by atomic mass is 35.5. The standard InChI is InChI=1S/C11H6Cl2F3NOS/c12-6-2-1-3-7(13)8(6)9-5(4-18)10(19-17-9)11(14,15)16/h1-3,18H,4H2. The summed E-state index contributed by atoms with van der Waals surface area (Å²) >= 11 is 12.1. The second-order valence-corrected chi connectivity index (χ2v) is 5.18. The first-order chi connectivity index (χ1) is 8.86. The van der Waals surface area contributed by atoms with Gasteiger partial charge in [0.25, 0.3) is 0 Å². The van der Waals surface area contributed by atoms with Gasteiger partial charge in [-0.25, -0.2) is 0 Å². The van der Waals surface area contributed by atoms with Crippen LogP contribution in [0.3, 0.4) is 0 Å². The summed E-state index contributed by atoms with van der Waals surface area (Å²) in [6, 6.07) is 4.57. The van der Waals surface area contributed by atoms with E-state index in [1.807, 2.05) is 0 Å². The van der Waals surface area contributed by atoms with Crippen molar-refractivity contribution >= 4 is 34.7 Å². The summed E-state index contributed by atoms with van der Waals surface area (Å²) in [7, 11) is 0. The van der Waals surface area contributed by atoms with Crippen molar-refractivity contribution in [2.75, 3.05) is 0 Å². The molecule has 0 atom stereocenters. The molecule has 2 nitrogen and oxygen atoms in total. The van der Waals surface area contributed by atoms with Gasteiger partial charge in [0.1, 0.15) is 4.88 Å². The van der Waals surface area contributed by atoms with Crippen molar-refractivity contribution in [3.05, 3.63) is 38.7 Å². The van der Waals surface area contributed by atoms with Crippen LogP contribution in [0.25, 0.3) is 11.3 Å². The Balaban J connectivity index is 2.68. The smallest absolute Gasteiger partial charge is 0.392 e. The Kier molecular flexibility index (Phi) is 4.06. The molecule has 0 spiro atoms. The van der Waals surface area contributed by atoms with Crippen LogP contribution in [-0.4, -0.2) is 9.48 Å². The lowest BCUT2D eigenvalue weighted by Crippen LogP contribution is -2.06. The quantitative estimate of drug-likeness (QED) is 0.872. The highest BCUT2D eigenvalue weighted by Crippen LogP contribution is 2.43. The van der Waals surface area contributed by atoms with Crippen LogP contribution < -0.4 is 0 Å². The molecular formula is C11H6Cl2F3NOS. The molecule has 19 heavy (non-hydrogen) atoms. The van der Waals surface area contributed by atoms with Gasteiger partial charge in [0.05, 0.1) is 22.3 Å². The molecule has 2 aromatic rings. The van der Waals surface area contributed by atoms with E-state index in [-0.39, 0.29) is 38.4 Å². The van der Waals surface area contributed by atoms with E-state index in [0.717, 1.165) is 0 Å². The zero-order valence-corrected chi connectivity index (χ0v) is 11.5. The van der Waals surface area contributed by atoms with Crippen LogP contribution in [0.5, 0.6) is 0 Å². The summed E-state index contributed by atoms with van der Waals surface area (Å²) < 4.78 is 42.0. The van der Waals surface area contributed by atoms with Crippen LogP contribution in [0.2, 0.25) is 10.0 Å². The number of halogens is 5. The van der Waals surface area contributed by atoms with E-state index in [2.05, 4.69) is 4.37 Å². The van der Waals surface area contributed by atoms with Crippen LogP contribution in [0.1, 0.15) is 10.4 Å². The molecule has 0 unspecified atom stereocenters. The van der Waals surface area contributed by atoms with Crippen LogP contribution in [0.4, 0.5) is 13.2 Å². The van der Waals surface area contributed by atoms with E-state index in [9.17, 15) is 18.3 Å². The highest BCUT2D eigenvalue weighted by Gasteiger charge is 2.38. The van der Waals surface area contributed by atoms with Gasteiger partial charge in [0.2, 0.25) is 0 Å². The molecule has 1 aromatic heterocycles. The third-order valence-electron chi connectivity index (χ3n) is 2.40. The SMILES string of the molecule is OCc1c(-c2c(Cl)cccc2Cl)nsc1C(F)(F)F. The molecule has 0 amide bonds. The second kappa shape index (κ2) is 5.28. The Morgan fingerprint density at radius 2 is 1.79 bits per heavy atom. The Bertz CT molecular complexity index is 592. The number of alkyl halides is 3. The third-order valence-corrected chi connectivity index (χ3v) is 3.97. The molecule has 0 aliphatic carbocycles. The van der Waals surface area contributed by atoms with Crippen molar-refractivity contribution in [1.29, 1.82) is 0 Å². The Morgan fingerprint density at radius 3 is 2.26 bits per heavy atom. The summed E-state index contributed by atoms with van der Waals surface area (Å²) in [5.74, 6) is 0. The molecular weight excluding hydrogens is 322 g/mol. The van der Waals surface area contributed by atoms with E-state index in [0.29, 0.717) is 0 Å². The van der Waals surface area contributed by atoms with E-state index < -0.39 is 17.7 Å². The first kappa shape index (κ1) is 14.6. The summed E-state index contributed by atoms with van der Waals surface area (Å²) in [5.41, 5.74) is -0.149. The fourth-order valence-electron chi connectivity index (χ4n) is 1.60. The molecule has 0 radical (unpaired) electrons. The van der Waals surface area contributed by atoms with Crippen molar-refractivity contribution in [2.24, 2.45) is 0 Å². The van der Waals surface area contributed by atoms with Crippen LogP contribution in [0.15, 0.2) is 18.2 Å². The maximum Gasteiger partial charge on any atom is 0.427 e. The number of rotatable bonds is 2. The van der Waals surface area contributed by atoms with Gasteiger partial charge in [-0.1, -0.05) is 29.3 Å². The number of aromatic nitrogens is 1. The van der Waals surface area contributed by atoms with Crippen LogP contribution >= 0.6 is 34.7 Å². The molecule has 2 rings (SSSR count). The topological polar surface area (TPSA) is 33.1 Å².